The third-order valence-corrected chi connectivity index (χ3v) is 6.32. The Bertz CT molecular complexity index is 814. The lowest BCUT2D eigenvalue weighted by molar-refractivity contribution is -0.159. The number of ether oxygens (including phenoxy) is 2. The monoisotopic (exact) mass is 396 g/mol. The molecule has 0 spiro atoms. The number of esters is 2. The molecule has 0 aromatic heterocycles. The minimum atomic E-state index is -1.50. The van der Waals surface area contributed by atoms with Crippen LogP contribution in [0.25, 0.3) is 0 Å². The summed E-state index contributed by atoms with van der Waals surface area (Å²) in [7, 11) is 0. The van der Waals surface area contributed by atoms with E-state index in [2.05, 4.69) is 0 Å². The van der Waals surface area contributed by atoms with Crippen LogP contribution in [0.15, 0.2) is 72.8 Å². The summed E-state index contributed by atoms with van der Waals surface area (Å²) < 4.78 is 9.29. The van der Waals surface area contributed by atoms with Crippen molar-refractivity contribution >= 4 is 23.7 Å². The topological polar surface area (TPSA) is 52.6 Å². The molecular formula is C23H24O4S. The molecule has 4 nitrogen and oxygen atoms in total. The highest BCUT2D eigenvalue weighted by atomic mass is 32.2. The van der Waals surface area contributed by atoms with Crippen LogP contribution in [0.5, 0.6) is 0 Å². The van der Waals surface area contributed by atoms with Crippen LogP contribution in [0.2, 0.25) is 0 Å². The second-order valence-corrected chi connectivity index (χ2v) is 7.79. The van der Waals surface area contributed by atoms with Gasteiger partial charge in [-0.15, -0.1) is 11.8 Å². The Morgan fingerprint density at radius 3 is 1.82 bits per heavy atom. The van der Waals surface area contributed by atoms with Gasteiger partial charge in [0.1, 0.15) is 0 Å². The summed E-state index contributed by atoms with van der Waals surface area (Å²) >= 11 is 1.30. The van der Waals surface area contributed by atoms with E-state index in [9.17, 15) is 9.59 Å². The highest BCUT2D eigenvalue weighted by molar-refractivity contribution is 8.02. The largest absolute Gasteiger partial charge is 0.464 e. The van der Waals surface area contributed by atoms with E-state index in [0.717, 1.165) is 11.1 Å². The second-order valence-electron chi connectivity index (χ2n) is 6.40. The van der Waals surface area contributed by atoms with E-state index in [0.29, 0.717) is 0 Å². The third kappa shape index (κ3) is 3.85. The Hall–Kier alpha value is -2.53. The Labute approximate surface area is 169 Å². The minimum Gasteiger partial charge on any atom is -0.464 e. The van der Waals surface area contributed by atoms with Crippen LogP contribution in [0.3, 0.4) is 0 Å². The first-order valence-corrected chi connectivity index (χ1v) is 10.3. The van der Waals surface area contributed by atoms with Gasteiger partial charge >= 0.3 is 11.9 Å². The lowest BCUT2D eigenvalue weighted by Crippen LogP contribution is -2.51. The number of allylic oxidation sites excluding steroid dienone is 1. The SMILES string of the molecule is CCOC(=O)C1(C(=O)OCC)S[C@@H](c2ccccc2)C=C[C@H]1c1ccccc1. The number of rotatable bonds is 6. The molecule has 2 aromatic rings. The molecule has 0 N–H and O–H groups in total. The molecule has 0 amide bonds. The Kier molecular flexibility index (Phi) is 6.57. The van der Waals surface area contributed by atoms with Gasteiger partial charge in [-0.3, -0.25) is 0 Å². The van der Waals surface area contributed by atoms with Crippen molar-refractivity contribution in [3.63, 3.8) is 0 Å². The van der Waals surface area contributed by atoms with Crippen molar-refractivity contribution in [3.8, 4) is 0 Å². The first kappa shape index (κ1) is 20.2. The van der Waals surface area contributed by atoms with Crippen molar-refractivity contribution in [3.05, 3.63) is 83.9 Å². The van der Waals surface area contributed by atoms with E-state index >= 15 is 0 Å². The Morgan fingerprint density at radius 2 is 1.32 bits per heavy atom. The highest BCUT2D eigenvalue weighted by Crippen LogP contribution is 2.53. The summed E-state index contributed by atoms with van der Waals surface area (Å²) in [6.45, 7) is 3.88. The standard InChI is InChI=1S/C23H24O4S/c1-3-26-21(24)23(22(25)27-4-2)19(17-11-7-5-8-12-17)15-16-20(28-23)18-13-9-6-10-14-18/h5-16,19-20H,3-4H2,1-2H3/t19-,20+/m0/s1. The van der Waals surface area contributed by atoms with Crippen LogP contribution in [-0.4, -0.2) is 29.9 Å². The minimum absolute atomic E-state index is 0.157. The van der Waals surface area contributed by atoms with Gasteiger partial charge in [-0.05, 0) is 25.0 Å². The third-order valence-electron chi connectivity index (χ3n) is 4.67. The predicted octanol–water partition coefficient (Wildman–Crippen LogP) is 4.68. The number of carbonyl (C=O) groups excluding carboxylic acids is 2. The fourth-order valence-electron chi connectivity index (χ4n) is 3.40. The summed E-state index contributed by atoms with van der Waals surface area (Å²) in [6.07, 6.45) is 3.99. The molecule has 0 fully saturated rings. The van der Waals surface area contributed by atoms with E-state index in [1.807, 2.05) is 72.8 Å². The van der Waals surface area contributed by atoms with E-state index in [4.69, 9.17) is 9.47 Å². The van der Waals surface area contributed by atoms with Crippen molar-refractivity contribution < 1.29 is 19.1 Å². The quantitative estimate of drug-likeness (QED) is 0.403. The van der Waals surface area contributed by atoms with Gasteiger partial charge < -0.3 is 9.47 Å². The zero-order chi connectivity index (χ0) is 20.0. The average molecular weight is 397 g/mol. The van der Waals surface area contributed by atoms with Gasteiger partial charge in [-0.1, -0.05) is 72.8 Å². The van der Waals surface area contributed by atoms with Gasteiger partial charge in [0.05, 0.1) is 13.2 Å². The maximum absolute atomic E-state index is 13.2. The van der Waals surface area contributed by atoms with Crippen molar-refractivity contribution in [2.75, 3.05) is 13.2 Å². The average Bonchev–Trinajstić information content (AvgIpc) is 2.74. The van der Waals surface area contributed by atoms with Gasteiger partial charge in [-0.2, -0.15) is 0 Å². The zero-order valence-electron chi connectivity index (χ0n) is 16.0. The molecule has 0 aliphatic carbocycles. The molecular weight excluding hydrogens is 372 g/mol. The predicted molar refractivity (Wildman–Crippen MR) is 111 cm³/mol. The fraction of sp³-hybridized carbons (Fsp3) is 0.304. The molecule has 3 rings (SSSR count). The van der Waals surface area contributed by atoms with Crippen LogP contribution in [0.1, 0.15) is 36.1 Å². The Balaban J connectivity index is 2.14. The van der Waals surface area contributed by atoms with E-state index < -0.39 is 22.6 Å². The molecule has 0 unspecified atom stereocenters. The summed E-state index contributed by atoms with van der Waals surface area (Å²) in [6, 6.07) is 19.4. The second kappa shape index (κ2) is 9.11. The number of benzene rings is 2. The number of thioether (sulfide) groups is 1. The van der Waals surface area contributed by atoms with Gasteiger partial charge in [0.2, 0.25) is 4.75 Å². The molecule has 0 saturated heterocycles. The molecule has 2 aromatic carbocycles. The lowest BCUT2D eigenvalue weighted by atomic mass is 9.83. The molecule has 28 heavy (non-hydrogen) atoms. The maximum atomic E-state index is 13.2. The molecule has 0 bridgehead atoms. The smallest absolute Gasteiger partial charge is 0.334 e. The van der Waals surface area contributed by atoms with Crippen LogP contribution in [0.4, 0.5) is 0 Å². The molecule has 1 heterocycles. The summed E-state index contributed by atoms with van der Waals surface area (Å²) in [5.74, 6) is -1.59. The van der Waals surface area contributed by atoms with Gasteiger partial charge in [-0.25, -0.2) is 9.59 Å². The molecule has 1 aliphatic rings. The van der Waals surface area contributed by atoms with E-state index in [1.54, 1.807) is 13.8 Å². The molecule has 146 valence electrons. The summed E-state index contributed by atoms with van der Waals surface area (Å²) in [5.41, 5.74) is 1.90. The van der Waals surface area contributed by atoms with Crippen LogP contribution >= 0.6 is 11.8 Å². The molecule has 0 radical (unpaired) electrons. The van der Waals surface area contributed by atoms with Crippen molar-refractivity contribution in [2.24, 2.45) is 0 Å². The number of hydrogen-bond donors (Lipinski definition) is 0. The highest BCUT2D eigenvalue weighted by Gasteiger charge is 2.58. The van der Waals surface area contributed by atoms with Gasteiger partial charge in [0, 0.05) is 11.2 Å². The first-order valence-electron chi connectivity index (χ1n) is 9.44. The lowest BCUT2D eigenvalue weighted by Gasteiger charge is -2.39. The molecule has 0 saturated carbocycles. The van der Waals surface area contributed by atoms with E-state index in [-0.39, 0.29) is 18.5 Å². The van der Waals surface area contributed by atoms with E-state index in [1.165, 1.54) is 11.8 Å². The fourth-order valence-corrected chi connectivity index (χ4v) is 4.93. The zero-order valence-corrected chi connectivity index (χ0v) is 16.9. The van der Waals surface area contributed by atoms with Crippen LogP contribution in [-0.2, 0) is 19.1 Å². The van der Waals surface area contributed by atoms with Gasteiger partial charge in [0.15, 0.2) is 0 Å². The van der Waals surface area contributed by atoms with Crippen LogP contribution < -0.4 is 0 Å². The summed E-state index contributed by atoms with van der Waals surface area (Å²) in [5, 5.41) is -0.157. The summed E-state index contributed by atoms with van der Waals surface area (Å²) in [4.78, 5) is 26.4. The number of carbonyl (C=O) groups is 2. The number of hydrogen-bond acceptors (Lipinski definition) is 5. The van der Waals surface area contributed by atoms with Crippen molar-refractivity contribution in [1.82, 2.24) is 0 Å². The Morgan fingerprint density at radius 1 is 0.821 bits per heavy atom. The first-order chi connectivity index (χ1) is 13.6. The van der Waals surface area contributed by atoms with Crippen molar-refractivity contribution in [2.45, 2.75) is 29.8 Å². The normalized spacial score (nSPS) is 20.4. The van der Waals surface area contributed by atoms with Crippen LogP contribution in [0, 0.1) is 0 Å². The molecule has 2 atom stereocenters. The molecule has 1 aliphatic heterocycles. The maximum Gasteiger partial charge on any atom is 0.334 e. The van der Waals surface area contributed by atoms with Gasteiger partial charge in [0.25, 0.3) is 0 Å². The molecule has 5 heteroatoms. The van der Waals surface area contributed by atoms with Crippen molar-refractivity contribution in [1.29, 1.82) is 0 Å².